The number of imidazole rings is 1. The zero-order chi connectivity index (χ0) is 21.8. The van der Waals surface area contributed by atoms with Crippen molar-refractivity contribution >= 4 is 30.2 Å². The van der Waals surface area contributed by atoms with Crippen LogP contribution < -0.4 is 5.46 Å². The molecule has 0 spiro atoms. The first-order chi connectivity index (χ1) is 15.0. The predicted molar refractivity (Wildman–Crippen MR) is 126 cm³/mol. The van der Waals surface area contributed by atoms with E-state index in [4.69, 9.17) is 9.72 Å². The molecule has 3 aromatic rings. The third-order valence-corrected chi connectivity index (χ3v) is 6.26. The average molecular weight is 418 g/mol. The van der Waals surface area contributed by atoms with Crippen LogP contribution in [0.4, 0.5) is 0 Å². The zero-order valence-electron chi connectivity index (χ0n) is 18.7. The van der Waals surface area contributed by atoms with Gasteiger partial charge in [-0.3, -0.25) is 9.69 Å². The molecule has 1 amide bonds. The summed E-state index contributed by atoms with van der Waals surface area (Å²) in [5, 5.41) is 0. The second-order valence-corrected chi connectivity index (χ2v) is 8.56. The summed E-state index contributed by atoms with van der Waals surface area (Å²) < 4.78 is 5.52. The number of morpholine rings is 1. The van der Waals surface area contributed by atoms with Crippen molar-refractivity contribution in [1.82, 2.24) is 19.8 Å². The smallest absolute Gasteiger partial charge is 0.227 e. The molecule has 31 heavy (non-hydrogen) atoms. The molecule has 2 aromatic carbocycles. The Balaban J connectivity index is 1.59. The second kappa shape index (κ2) is 9.66. The van der Waals surface area contributed by atoms with Crippen molar-refractivity contribution in [3.63, 3.8) is 0 Å². The van der Waals surface area contributed by atoms with E-state index in [1.54, 1.807) is 0 Å². The number of rotatable bonds is 7. The minimum absolute atomic E-state index is 0.0991. The maximum Gasteiger partial charge on any atom is 0.227 e. The maximum absolute atomic E-state index is 13.2. The van der Waals surface area contributed by atoms with Gasteiger partial charge in [0.05, 0.1) is 36.7 Å². The van der Waals surface area contributed by atoms with Crippen LogP contribution in [0, 0.1) is 0 Å². The van der Waals surface area contributed by atoms with E-state index >= 15 is 0 Å². The largest absolute Gasteiger partial charge is 0.379 e. The lowest BCUT2D eigenvalue weighted by molar-refractivity contribution is -0.132. The summed E-state index contributed by atoms with van der Waals surface area (Å²) in [6.45, 7) is 5.62. The van der Waals surface area contributed by atoms with Gasteiger partial charge in [0.15, 0.2) is 0 Å². The molecule has 1 fully saturated rings. The number of amides is 1. The first-order valence-corrected chi connectivity index (χ1v) is 11.1. The van der Waals surface area contributed by atoms with Crippen LogP contribution in [-0.4, -0.2) is 72.9 Å². The van der Waals surface area contributed by atoms with E-state index in [2.05, 4.69) is 36.8 Å². The molecule has 1 saturated heterocycles. The number of H-pyrrole nitrogens is 1. The molecule has 0 saturated carbocycles. The molecule has 4 rings (SSSR count). The third kappa shape index (κ3) is 5.17. The lowest BCUT2D eigenvalue weighted by atomic mass is 9.96. The fourth-order valence-corrected chi connectivity index (χ4v) is 4.31. The molecular formula is C24H31BN4O2. The number of nitrogens with one attached hydrogen (secondary N) is 1. The average Bonchev–Trinajstić information content (AvgIpc) is 3.21. The molecule has 1 aliphatic heterocycles. The highest BCUT2D eigenvalue weighted by Gasteiger charge is 2.29. The first kappa shape index (κ1) is 21.6. The van der Waals surface area contributed by atoms with Crippen LogP contribution in [0.5, 0.6) is 0 Å². The highest BCUT2D eigenvalue weighted by Crippen LogP contribution is 2.27. The second-order valence-electron chi connectivity index (χ2n) is 8.56. The number of carbonyl (C=O) groups is 1. The number of hydrogen-bond donors (Lipinski definition) is 1. The van der Waals surface area contributed by atoms with Gasteiger partial charge in [-0.1, -0.05) is 41.9 Å². The summed E-state index contributed by atoms with van der Waals surface area (Å²) in [5.74, 6) is 0.951. The lowest BCUT2D eigenvalue weighted by Gasteiger charge is -2.36. The van der Waals surface area contributed by atoms with Crippen molar-refractivity contribution in [2.45, 2.75) is 31.8 Å². The normalized spacial score (nSPS) is 16.8. The number of aromatic amines is 1. The molecule has 1 aromatic heterocycles. The van der Waals surface area contributed by atoms with Crippen LogP contribution in [0.1, 0.15) is 30.8 Å². The molecule has 162 valence electrons. The summed E-state index contributed by atoms with van der Waals surface area (Å²) in [6, 6.07) is 16.3. The van der Waals surface area contributed by atoms with Crippen LogP contribution >= 0.6 is 0 Å². The van der Waals surface area contributed by atoms with Crippen LogP contribution in [0.15, 0.2) is 48.5 Å². The lowest BCUT2D eigenvalue weighted by Crippen LogP contribution is -2.44. The monoisotopic (exact) mass is 418 g/mol. The minimum Gasteiger partial charge on any atom is -0.379 e. The van der Waals surface area contributed by atoms with Crippen LogP contribution in [0.25, 0.3) is 11.0 Å². The Labute approximate surface area is 185 Å². The van der Waals surface area contributed by atoms with Gasteiger partial charge >= 0.3 is 0 Å². The summed E-state index contributed by atoms with van der Waals surface area (Å²) in [5.41, 5.74) is 4.17. The summed E-state index contributed by atoms with van der Waals surface area (Å²) in [6.07, 6.45) is 1.20. The number of hydrogen-bond acceptors (Lipinski definition) is 4. The molecule has 0 radical (unpaired) electrons. The predicted octanol–water partition coefficient (Wildman–Crippen LogP) is 1.67. The fourth-order valence-electron chi connectivity index (χ4n) is 4.31. The van der Waals surface area contributed by atoms with E-state index in [0.717, 1.165) is 55.1 Å². The van der Waals surface area contributed by atoms with E-state index in [-0.39, 0.29) is 11.9 Å². The molecule has 2 atom stereocenters. The Morgan fingerprint density at radius 1 is 1.23 bits per heavy atom. The van der Waals surface area contributed by atoms with Crippen molar-refractivity contribution in [2.75, 3.05) is 33.4 Å². The van der Waals surface area contributed by atoms with Crippen molar-refractivity contribution in [3.05, 3.63) is 59.9 Å². The quantitative estimate of drug-likeness (QED) is 0.594. The van der Waals surface area contributed by atoms with Crippen molar-refractivity contribution in [3.8, 4) is 0 Å². The van der Waals surface area contributed by atoms with E-state index in [1.807, 2.05) is 48.3 Å². The highest BCUT2D eigenvalue weighted by molar-refractivity contribution is 6.33. The Morgan fingerprint density at radius 2 is 1.97 bits per heavy atom. The fraction of sp³-hybridized carbons (Fsp3) is 0.417. The van der Waals surface area contributed by atoms with Gasteiger partial charge in [-0.2, -0.15) is 0 Å². The van der Waals surface area contributed by atoms with Gasteiger partial charge in [-0.25, -0.2) is 4.98 Å². The highest BCUT2D eigenvalue weighted by atomic mass is 16.5. The van der Waals surface area contributed by atoms with E-state index in [1.165, 1.54) is 5.46 Å². The summed E-state index contributed by atoms with van der Waals surface area (Å²) in [4.78, 5) is 25.9. The molecule has 1 N–H and O–H groups in total. The van der Waals surface area contributed by atoms with Gasteiger partial charge in [-0.15, -0.1) is 0 Å². The van der Waals surface area contributed by atoms with Gasteiger partial charge in [-0.05, 0) is 31.0 Å². The number of benzene rings is 2. The summed E-state index contributed by atoms with van der Waals surface area (Å²) >= 11 is 0. The Kier molecular flexibility index (Phi) is 6.73. The Morgan fingerprint density at radius 3 is 2.71 bits per heavy atom. The molecule has 0 aliphatic carbocycles. The van der Waals surface area contributed by atoms with Crippen molar-refractivity contribution in [2.24, 2.45) is 0 Å². The summed E-state index contributed by atoms with van der Waals surface area (Å²) in [7, 11) is 3.98. The van der Waals surface area contributed by atoms with Gasteiger partial charge in [0, 0.05) is 26.2 Å². The van der Waals surface area contributed by atoms with Crippen molar-refractivity contribution < 1.29 is 9.53 Å². The number of nitrogens with zero attached hydrogens (tertiary/aromatic N) is 3. The Hall–Kier alpha value is -2.64. The molecule has 7 heteroatoms. The molecule has 1 aliphatic rings. The molecule has 0 bridgehead atoms. The van der Waals surface area contributed by atoms with Crippen LogP contribution in [-0.2, 0) is 16.0 Å². The van der Waals surface area contributed by atoms with Gasteiger partial charge in [0.1, 0.15) is 13.7 Å². The number of ether oxygens (including phenoxy) is 1. The minimum atomic E-state index is -0.123. The van der Waals surface area contributed by atoms with E-state index in [0.29, 0.717) is 12.5 Å². The molecule has 2 heterocycles. The Bertz CT molecular complexity index is 1020. The maximum atomic E-state index is 13.2. The van der Waals surface area contributed by atoms with Gasteiger partial charge < -0.3 is 14.6 Å². The molecule has 0 unspecified atom stereocenters. The first-order valence-electron chi connectivity index (χ1n) is 11.1. The third-order valence-electron chi connectivity index (χ3n) is 6.26. The number of carbonyl (C=O) groups excluding carboxylic acids is 1. The van der Waals surface area contributed by atoms with E-state index in [9.17, 15) is 4.79 Å². The van der Waals surface area contributed by atoms with Gasteiger partial charge in [0.2, 0.25) is 5.91 Å². The number of likely N-dealkylation sites (N-methyl/N-ethyl adjacent to an activating group) is 1. The standard InChI is InChI=1S/C24H31BN4O2/c1-17(29-10-12-31-13-11-29)14-22(24-26-20-9-8-19(25)16-21(20)27-24)28(2)23(30)15-18-6-4-3-5-7-18/h3-9,16-17,22H,10-15,25H2,1-2H3,(H,26,27)/t17-,22+/m1/s1. The molecular weight excluding hydrogens is 387 g/mol. The van der Waals surface area contributed by atoms with Crippen LogP contribution in [0.3, 0.4) is 0 Å². The zero-order valence-corrected chi connectivity index (χ0v) is 18.7. The van der Waals surface area contributed by atoms with Crippen molar-refractivity contribution in [1.29, 1.82) is 0 Å². The number of fused-ring (bicyclic) bond motifs is 1. The topological polar surface area (TPSA) is 61.5 Å². The number of aromatic nitrogens is 2. The van der Waals surface area contributed by atoms with E-state index < -0.39 is 0 Å². The van der Waals surface area contributed by atoms with Crippen LogP contribution in [0.2, 0.25) is 0 Å². The van der Waals surface area contributed by atoms with Gasteiger partial charge in [0.25, 0.3) is 0 Å². The molecule has 6 nitrogen and oxygen atoms in total. The SMILES string of the molecule is Bc1ccc2nc([C@H](C[C@@H](C)N3CCOCC3)N(C)C(=O)Cc3ccccc3)[nH]c2c1.